The van der Waals surface area contributed by atoms with Crippen molar-refractivity contribution in [3.05, 3.63) is 30.1 Å². The van der Waals surface area contributed by atoms with E-state index in [4.69, 9.17) is 4.74 Å². The molecule has 0 bridgehead atoms. The molecule has 5 nitrogen and oxygen atoms in total. The number of carbonyl (C=O) groups excluding carboxylic acids is 1. The summed E-state index contributed by atoms with van der Waals surface area (Å²) in [6, 6.07) is 5.62. The normalized spacial score (nSPS) is 20.5. The van der Waals surface area contributed by atoms with Crippen LogP contribution in [0.3, 0.4) is 0 Å². The van der Waals surface area contributed by atoms with Crippen LogP contribution < -0.4 is 0 Å². The number of hydrogen-bond acceptors (Lipinski definition) is 4. The third-order valence-electron chi connectivity index (χ3n) is 3.42. The number of aromatic nitrogens is 1. The summed E-state index contributed by atoms with van der Waals surface area (Å²) in [6.07, 6.45) is 3.13. The average molecular weight is 324 g/mol. The van der Waals surface area contributed by atoms with E-state index in [0.29, 0.717) is 18.8 Å². The topological polar surface area (TPSA) is 59.5 Å². The lowest BCUT2D eigenvalue weighted by atomic mass is 10.1. The van der Waals surface area contributed by atoms with Gasteiger partial charge in [0.25, 0.3) is 0 Å². The quantitative estimate of drug-likeness (QED) is 0.858. The van der Waals surface area contributed by atoms with Crippen molar-refractivity contribution in [3.63, 3.8) is 0 Å². The SMILES string of the molecule is CC(C)(C)OC(=O)N1CCC[C@H]([S@@](=O)Cc2ccccn2)C1. The Morgan fingerprint density at radius 2 is 2.23 bits per heavy atom. The summed E-state index contributed by atoms with van der Waals surface area (Å²) in [5, 5.41) is -0.0109. The van der Waals surface area contributed by atoms with E-state index in [9.17, 15) is 9.00 Å². The third-order valence-corrected chi connectivity index (χ3v) is 5.13. The molecule has 122 valence electrons. The van der Waals surface area contributed by atoms with E-state index in [1.54, 1.807) is 11.1 Å². The van der Waals surface area contributed by atoms with Crippen LogP contribution in [0.25, 0.3) is 0 Å². The van der Waals surface area contributed by atoms with Crippen LogP contribution in [0.4, 0.5) is 4.79 Å². The molecule has 0 N–H and O–H groups in total. The van der Waals surface area contributed by atoms with E-state index in [1.807, 2.05) is 39.0 Å². The summed E-state index contributed by atoms with van der Waals surface area (Å²) >= 11 is 0. The van der Waals surface area contributed by atoms with Crippen LogP contribution in [0, 0.1) is 0 Å². The van der Waals surface area contributed by atoms with Crippen molar-refractivity contribution < 1.29 is 13.7 Å². The lowest BCUT2D eigenvalue weighted by molar-refractivity contribution is 0.0219. The van der Waals surface area contributed by atoms with Gasteiger partial charge in [0.05, 0.1) is 16.7 Å². The molecule has 2 rings (SSSR count). The van der Waals surface area contributed by atoms with Gasteiger partial charge in [-0.25, -0.2) is 4.79 Å². The Morgan fingerprint density at radius 3 is 2.86 bits per heavy atom. The standard InChI is InChI=1S/C16H24N2O3S/c1-16(2,3)21-15(19)18-10-6-8-14(11-18)22(20)12-13-7-4-5-9-17-13/h4-5,7,9,14H,6,8,10-12H2,1-3H3/t14-,22-/m0/s1. The molecule has 1 aromatic rings. The predicted octanol–water partition coefficient (Wildman–Crippen LogP) is 2.73. The summed E-state index contributed by atoms with van der Waals surface area (Å²) < 4.78 is 17.9. The molecule has 22 heavy (non-hydrogen) atoms. The molecule has 1 fully saturated rings. The molecule has 1 aromatic heterocycles. The molecule has 6 heteroatoms. The molecule has 0 unspecified atom stereocenters. The second-order valence-electron chi connectivity index (χ2n) is 6.54. The van der Waals surface area contributed by atoms with Gasteiger partial charge in [0.1, 0.15) is 5.60 Å². The van der Waals surface area contributed by atoms with Gasteiger partial charge < -0.3 is 9.64 Å². The third kappa shape index (κ3) is 5.09. The number of hydrogen-bond donors (Lipinski definition) is 0. The maximum Gasteiger partial charge on any atom is 0.410 e. The van der Waals surface area contributed by atoms with Gasteiger partial charge in [-0.2, -0.15) is 0 Å². The monoisotopic (exact) mass is 324 g/mol. The van der Waals surface area contributed by atoms with Crippen LogP contribution in [-0.4, -0.2) is 44.1 Å². The zero-order valence-corrected chi connectivity index (χ0v) is 14.3. The first-order valence-electron chi connectivity index (χ1n) is 7.60. The largest absolute Gasteiger partial charge is 0.444 e. The number of ether oxygens (including phenoxy) is 1. The number of nitrogens with zero attached hydrogens (tertiary/aromatic N) is 2. The summed E-state index contributed by atoms with van der Waals surface area (Å²) in [5.41, 5.74) is 0.326. The number of rotatable bonds is 3. The van der Waals surface area contributed by atoms with Crippen LogP contribution in [0.2, 0.25) is 0 Å². The molecule has 1 saturated heterocycles. The summed E-state index contributed by atoms with van der Waals surface area (Å²) in [4.78, 5) is 18.0. The van der Waals surface area contributed by atoms with Gasteiger partial charge >= 0.3 is 6.09 Å². The minimum atomic E-state index is -1.03. The molecular formula is C16H24N2O3S. The highest BCUT2D eigenvalue weighted by molar-refractivity contribution is 7.84. The van der Waals surface area contributed by atoms with Gasteiger partial charge in [-0.1, -0.05) is 6.07 Å². The molecule has 0 saturated carbocycles. The second kappa shape index (κ2) is 7.22. The van der Waals surface area contributed by atoms with Crippen LogP contribution in [-0.2, 0) is 21.3 Å². The van der Waals surface area contributed by atoms with Crippen molar-refractivity contribution >= 4 is 16.9 Å². The maximum atomic E-state index is 12.5. The fourth-order valence-electron chi connectivity index (χ4n) is 2.39. The summed E-state index contributed by atoms with van der Waals surface area (Å²) in [6.45, 7) is 6.73. The van der Waals surface area contributed by atoms with E-state index >= 15 is 0 Å². The van der Waals surface area contributed by atoms with Gasteiger partial charge in [-0.3, -0.25) is 9.19 Å². The number of pyridine rings is 1. The fourth-order valence-corrected chi connectivity index (χ4v) is 3.87. The molecule has 2 atom stereocenters. The smallest absolute Gasteiger partial charge is 0.410 e. The molecular weight excluding hydrogens is 300 g/mol. The minimum absolute atomic E-state index is 0.0109. The Hall–Kier alpha value is -1.43. The Balaban J connectivity index is 1.92. The van der Waals surface area contributed by atoms with E-state index in [2.05, 4.69) is 4.98 Å². The van der Waals surface area contributed by atoms with Gasteiger partial charge in [-0.15, -0.1) is 0 Å². The molecule has 0 spiro atoms. The van der Waals surface area contributed by atoms with Gasteiger partial charge in [-0.05, 0) is 45.7 Å². The molecule has 1 aliphatic rings. The summed E-state index contributed by atoms with van der Waals surface area (Å²) in [5.74, 6) is 0.438. The Labute approximate surface area is 134 Å². The zero-order chi connectivity index (χ0) is 16.2. The van der Waals surface area contributed by atoms with Crippen LogP contribution >= 0.6 is 0 Å². The van der Waals surface area contributed by atoms with E-state index < -0.39 is 16.4 Å². The summed E-state index contributed by atoms with van der Waals surface area (Å²) in [7, 11) is -1.03. The first kappa shape index (κ1) is 16.9. The van der Waals surface area contributed by atoms with Crippen LogP contribution in [0.5, 0.6) is 0 Å². The zero-order valence-electron chi connectivity index (χ0n) is 13.4. The van der Waals surface area contributed by atoms with Crippen LogP contribution in [0.1, 0.15) is 39.3 Å². The number of likely N-dealkylation sites (tertiary alicyclic amines) is 1. The molecule has 0 aromatic carbocycles. The minimum Gasteiger partial charge on any atom is -0.444 e. The second-order valence-corrected chi connectivity index (χ2v) is 8.25. The molecule has 1 aliphatic heterocycles. The van der Waals surface area contributed by atoms with Crippen molar-refractivity contribution in [2.45, 2.75) is 50.2 Å². The Morgan fingerprint density at radius 1 is 1.45 bits per heavy atom. The highest BCUT2D eigenvalue weighted by Crippen LogP contribution is 2.19. The fraction of sp³-hybridized carbons (Fsp3) is 0.625. The highest BCUT2D eigenvalue weighted by Gasteiger charge is 2.30. The molecule has 0 aliphatic carbocycles. The van der Waals surface area contributed by atoms with E-state index in [0.717, 1.165) is 18.5 Å². The molecule has 2 heterocycles. The lowest BCUT2D eigenvalue weighted by Crippen LogP contribution is -2.46. The molecule has 0 radical (unpaired) electrons. The van der Waals surface area contributed by atoms with Crippen molar-refractivity contribution in [1.82, 2.24) is 9.88 Å². The lowest BCUT2D eigenvalue weighted by Gasteiger charge is -2.33. The molecule has 1 amide bonds. The first-order chi connectivity index (χ1) is 10.3. The Kier molecular flexibility index (Phi) is 5.56. The first-order valence-corrected chi connectivity index (χ1v) is 8.98. The van der Waals surface area contributed by atoms with E-state index in [-0.39, 0.29) is 11.3 Å². The number of piperidine rings is 1. The van der Waals surface area contributed by atoms with E-state index in [1.165, 1.54) is 0 Å². The maximum absolute atomic E-state index is 12.5. The van der Waals surface area contributed by atoms with Crippen molar-refractivity contribution in [2.75, 3.05) is 13.1 Å². The van der Waals surface area contributed by atoms with Crippen molar-refractivity contribution in [1.29, 1.82) is 0 Å². The highest BCUT2D eigenvalue weighted by atomic mass is 32.2. The van der Waals surface area contributed by atoms with Gasteiger partial charge in [0.15, 0.2) is 0 Å². The van der Waals surface area contributed by atoms with Gasteiger partial charge in [0.2, 0.25) is 0 Å². The van der Waals surface area contributed by atoms with Gasteiger partial charge in [0, 0.05) is 30.1 Å². The number of carbonyl (C=O) groups is 1. The van der Waals surface area contributed by atoms with Crippen molar-refractivity contribution in [2.24, 2.45) is 0 Å². The predicted molar refractivity (Wildman–Crippen MR) is 86.9 cm³/mol. The number of amides is 1. The van der Waals surface area contributed by atoms with Crippen LogP contribution in [0.15, 0.2) is 24.4 Å². The average Bonchev–Trinajstić information content (AvgIpc) is 2.46. The Bertz CT molecular complexity index is 528. The van der Waals surface area contributed by atoms with Crippen molar-refractivity contribution in [3.8, 4) is 0 Å².